The molecule has 0 radical (unpaired) electrons. The van der Waals surface area contributed by atoms with E-state index in [1.54, 1.807) is 18.2 Å². The third-order valence-electron chi connectivity index (χ3n) is 3.87. The Morgan fingerprint density at radius 2 is 1.64 bits per heavy atom. The fourth-order valence-corrected chi connectivity index (χ4v) is 2.97. The summed E-state index contributed by atoms with van der Waals surface area (Å²) in [6.07, 6.45) is 0. The standard InChI is InChI=1S/C18H19Cl2NO/c1-10-7-12(3)16(8-11(10)2)13(4)21-18(22)15-6-5-14(19)9-17(15)20/h5-9,13H,1-4H3,(H,21,22). The monoisotopic (exact) mass is 335 g/mol. The van der Waals surface area contributed by atoms with Gasteiger partial charge in [0.2, 0.25) is 0 Å². The quantitative estimate of drug-likeness (QED) is 0.798. The number of benzene rings is 2. The molecule has 0 aliphatic rings. The number of rotatable bonds is 3. The van der Waals surface area contributed by atoms with Crippen LogP contribution in [0.4, 0.5) is 0 Å². The van der Waals surface area contributed by atoms with Crippen molar-refractivity contribution >= 4 is 29.1 Å². The molecule has 1 unspecified atom stereocenters. The van der Waals surface area contributed by atoms with Crippen LogP contribution in [-0.4, -0.2) is 5.91 Å². The molecule has 2 rings (SSSR count). The third-order valence-corrected chi connectivity index (χ3v) is 4.42. The van der Waals surface area contributed by atoms with E-state index >= 15 is 0 Å². The molecule has 0 saturated carbocycles. The van der Waals surface area contributed by atoms with Crippen molar-refractivity contribution in [3.05, 3.63) is 68.2 Å². The number of amides is 1. The number of hydrogen-bond donors (Lipinski definition) is 1. The molecule has 22 heavy (non-hydrogen) atoms. The van der Waals surface area contributed by atoms with Crippen molar-refractivity contribution in [2.24, 2.45) is 0 Å². The molecule has 1 atom stereocenters. The van der Waals surface area contributed by atoms with Gasteiger partial charge in [0, 0.05) is 5.02 Å². The molecule has 0 aliphatic heterocycles. The fourth-order valence-electron chi connectivity index (χ4n) is 2.48. The van der Waals surface area contributed by atoms with E-state index in [1.165, 1.54) is 11.1 Å². The summed E-state index contributed by atoms with van der Waals surface area (Å²) in [5.74, 6) is -0.202. The molecule has 0 saturated heterocycles. The Labute approximate surface area is 141 Å². The van der Waals surface area contributed by atoms with Gasteiger partial charge in [-0.2, -0.15) is 0 Å². The van der Waals surface area contributed by atoms with Gasteiger partial charge in [-0.1, -0.05) is 35.3 Å². The number of carbonyl (C=O) groups is 1. The van der Waals surface area contributed by atoms with Gasteiger partial charge in [0.25, 0.3) is 5.91 Å². The summed E-state index contributed by atoms with van der Waals surface area (Å²) >= 11 is 11.9. The second-order valence-electron chi connectivity index (χ2n) is 5.61. The minimum absolute atomic E-state index is 0.0986. The summed E-state index contributed by atoms with van der Waals surface area (Å²) in [5, 5.41) is 3.86. The number of carbonyl (C=O) groups excluding carboxylic acids is 1. The van der Waals surface area contributed by atoms with E-state index in [1.807, 2.05) is 6.92 Å². The average molecular weight is 336 g/mol. The molecule has 2 aromatic carbocycles. The van der Waals surface area contributed by atoms with Crippen LogP contribution >= 0.6 is 23.2 Å². The SMILES string of the molecule is Cc1cc(C)c(C(C)NC(=O)c2ccc(Cl)cc2Cl)cc1C. The molecule has 0 aliphatic carbocycles. The summed E-state index contributed by atoms with van der Waals surface area (Å²) in [6, 6.07) is 9.04. The molecule has 0 bridgehead atoms. The van der Waals surface area contributed by atoms with Crippen molar-refractivity contribution in [2.45, 2.75) is 33.7 Å². The topological polar surface area (TPSA) is 29.1 Å². The van der Waals surface area contributed by atoms with E-state index in [-0.39, 0.29) is 11.9 Å². The Morgan fingerprint density at radius 3 is 2.27 bits per heavy atom. The van der Waals surface area contributed by atoms with E-state index in [9.17, 15) is 4.79 Å². The van der Waals surface area contributed by atoms with Crippen molar-refractivity contribution in [3.8, 4) is 0 Å². The van der Waals surface area contributed by atoms with Gasteiger partial charge in [-0.15, -0.1) is 0 Å². The summed E-state index contributed by atoms with van der Waals surface area (Å²) in [7, 11) is 0. The van der Waals surface area contributed by atoms with Crippen molar-refractivity contribution in [1.82, 2.24) is 5.32 Å². The van der Waals surface area contributed by atoms with E-state index in [0.29, 0.717) is 15.6 Å². The molecule has 2 aromatic rings. The van der Waals surface area contributed by atoms with Crippen molar-refractivity contribution in [1.29, 1.82) is 0 Å². The number of hydrogen-bond acceptors (Lipinski definition) is 1. The van der Waals surface area contributed by atoms with Crippen LogP contribution in [0.5, 0.6) is 0 Å². The molecule has 1 amide bonds. The lowest BCUT2D eigenvalue weighted by molar-refractivity contribution is 0.0940. The molecular weight excluding hydrogens is 317 g/mol. The lowest BCUT2D eigenvalue weighted by Gasteiger charge is -2.19. The highest BCUT2D eigenvalue weighted by molar-refractivity contribution is 6.36. The lowest BCUT2D eigenvalue weighted by atomic mass is 9.96. The number of aryl methyl sites for hydroxylation is 3. The van der Waals surface area contributed by atoms with Gasteiger partial charge in [-0.3, -0.25) is 4.79 Å². The third kappa shape index (κ3) is 3.63. The maximum atomic E-state index is 12.4. The minimum Gasteiger partial charge on any atom is -0.345 e. The van der Waals surface area contributed by atoms with E-state index in [2.05, 4.69) is 38.2 Å². The van der Waals surface area contributed by atoms with Gasteiger partial charge in [0.15, 0.2) is 0 Å². The first-order valence-corrected chi connectivity index (χ1v) is 7.89. The highest BCUT2D eigenvalue weighted by atomic mass is 35.5. The van der Waals surface area contributed by atoms with Gasteiger partial charge in [-0.25, -0.2) is 0 Å². The molecule has 0 aromatic heterocycles. The summed E-state index contributed by atoms with van der Waals surface area (Å²) in [5.41, 5.74) is 5.17. The fraction of sp³-hybridized carbons (Fsp3) is 0.278. The zero-order valence-corrected chi connectivity index (χ0v) is 14.6. The van der Waals surface area contributed by atoms with E-state index in [4.69, 9.17) is 23.2 Å². The summed E-state index contributed by atoms with van der Waals surface area (Å²) in [6.45, 7) is 8.18. The molecular formula is C18H19Cl2NO. The lowest BCUT2D eigenvalue weighted by Crippen LogP contribution is -2.27. The molecule has 1 N–H and O–H groups in total. The van der Waals surface area contributed by atoms with Crippen molar-refractivity contribution in [3.63, 3.8) is 0 Å². The van der Waals surface area contributed by atoms with Crippen LogP contribution in [0.25, 0.3) is 0 Å². The van der Waals surface area contributed by atoms with Gasteiger partial charge >= 0.3 is 0 Å². The Morgan fingerprint density at radius 1 is 1.00 bits per heavy atom. The first-order chi connectivity index (χ1) is 10.3. The van der Waals surface area contributed by atoms with E-state index < -0.39 is 0 Å². The maximum absolute atomic E-state index is 12.4. The molecule has 0 fully saturated rings. The van der Waals surface area contributed by atoms with Gasteiger partial charge in [0.05, 0.1) is 16.6 Å². The molecule has 4 heteroatoms. The number of nitrogens with one attached hydrogen (secondary N) is 1. The van der Waals surface area contributed by atoms with Crippen LogP contribution in [0.15, 0.2) is 30.3 Å². The molecule has 116 valence electrons. The Kier molecular flexibility index (Phi) is 5.15. The van der Waals surface area contributed by atoms with Crippen LogP contribution in [0.2, 0.25) is 10.0 Å². The smallest absolute Gasteiger partial charge is 0.253 e. The van der Waals surface area contributed by atoms with Crippen molar-refractivity contribution in [2.75, 3.05) is 0 Å². The zero-order valence-electron chi connectivity index (χ0n) is 13.1. The van der Waals surface area contributed by atoms with Crippen LogP contribution in [0.3, 0.4) is 0 Å². The predicted molar refractivity (Wildman–Crippen MR) is 93.0 cm³/mol. The van der Waals surface area contributed by atoms with Crippen LogP contribution in [-0.2, 0) is 0 Å². The van der Waals surface area contributed by atoms with Gasteiger partial charge < -0.3 is 5.32 Å². The second kappa shape index (κ2) is 6.72. The number of halogens is 2. The largest absolute Gasteiger partial charge is 0.345 e. The first kappa shape index (κ1) is 16.9. The Balaban J connectivity index is 2.23. The normalized spacial score (nSPS) is 12.1. The minimum atomic E-state index is -0.202. The first-order valence-electron chi connectivity index (χ1n) is 7.13. The van der Waals surface area contributed by atoms with Crippen LogP contribution in [0, 0.1) is 20.8 Å². The average Bonchev–Trinajstić information content (AvgIpc) is 2.42. The second-order valence-corrected chi connectivity index (χ2v) is 6.46. The summed E-state index contributed by atoms with van der Waals surface area (Å²) in [4.78, 5) is 12.4. The maximum Gasteiger partial charge on any atom is 0.253 e. The Bertz CT molecular complexity index is 725. The highest BCUT2D eigenvalue weighted by Crippen LogP contribution is 2.24. The van der Waals surface area contributed by atoms with Crippen LogP contribution < -0.4 is 5.32 Å². The van der Waals surface area contributed by atoms with Crippen molar-refractivity contribution < 1.29 is 4.79 Å². The zero-order chi connectivity index (χ0) is 16.4. The Hall–Kier alpha value is -1.51. The summed E-state index contributed by atoms with van der Waals surface area (Å²) < 4.78 is 0. The van der Waals surface area contributed by atoms with E-state index in [0.717, 1.165) is 11.1 Å². The van der Waals surface area contributed by atoms with Crippen LogP contribution in [0.1, 0.15) is 45.6 Å². The molecule has 0 heterocycles. The predicted octanol–water partition coefficient (Wildman–Crippen LogP) is 5.41. The highest BCUT2D eigenvalue weighted by Gasteiger charge is 2.16. The molecule has 2 nitrogen and oxygen atoms in total. The molecule has 0 spiro atoms. The van der Waals surface area contributed by atoms with Gasteiger partial charge in [0.1, 0.15) is 0 Å². The van der Waals surface area contributed by atoms with Gasteiger partial charge in [-0.05, 0) is 68.1 Å².